The van der Waals surface area contributed by atoms with Gasteiger partial charge in [-0.25, -0.2) is 0 Å². The molecule has 0 saturated carbocycles. The SMILES string of the molecule is C/C=C(CC)\C(=C/C)Nc1ccccc1CC. The zero-order chi connectivity index (χ0) is 12.7. The fourth-order valence-corrected chi connectivity index (χ4v) is 1.98. The van der Waals surface area contributed by atoms with Gasteiger partial charge >= 0.3 is 0 Å². The lowest BCUT2D eigenvalue weighted by molar-refractivity contribution is 1.08. The summed E-state index contributed by atoms with van der Waals surface area (Å²) in [4.78, 5) is 0. The Morgan fingerprint density at radius 2 is 1.82 bits per heavy atom. The number of hydrogen-bond acceptors (Lipinski definition) is 1. The largest absolute Gasteiger partial charge is 0.355 e. The van der Waals surface area contributed by atoms with Crippen molar-refractivity contribution >= 4 is 5.69 Å². The summed E-state index contributed by atoms with van der Waals surface area (Å²) < 4.78 is 0. The van der Waals surface area contributed by atoms with Gasteiger partial charge in [0.05, 0.1) is 0 Å². The summed E-state index contributed by atoms with van der Waals surface area (Å²) in [5.41, 5.74) is 5.16. The third-order valence-electron chi connectivity index (χ3n) is 3.03. The average molecular weight is 229 g/mol. The van der Waals surface area contributed by atoms with Crippen LogP contribution < -0.4 is 5.32 Å². The molecule has 0 amide bonds. The predicted molar refractivity (Wildman–Crippen MR) is 77.2 cm³/mol. The highest BCUT2D eigenvalue weighted by molar-refractivity contribution is 5.58. The van der Waals surface area contributed by atoms with Crippen molar-refractivity contribution in [3.8, 4) is 0 Å². The van der Waals surface area contributed by atoms with E-state index in [9.17, 15) is 0 Å². The maximum Gasteiger partial charge on any atom is 0.0416 e. The quantitative estimate of drug-likeness (QED) is 0.706. The summed E-state index contributed by atoms with van der Waals surface area (Å²) in [7, 11) is 0. The first-order valence-corrected chi connectivity index (χ1v) is 6.43. The minimum absolute atomic E-state index is 1.05. The van der Waals surface area contributed by atoms with Gasteiger partial charge in [0.2, 0.25) is 0 Å². The summed E-state index contributed by atoms with van der Waals surface area (Å²) in [6.45, 7) is 8.55. The van der Waals surface area contributed by atoms with E-state index >= 15 is 0 Å². The molecular formula is C16H23N. The second-order valence-corrected chi connectivity index (χ2v) is 4.01. The molecule has 0 fully saturated rings. The molecule has 0 bridgehead atoms. The van der Waals surface area contributed by atoms with Crippen molar-refractivity contribution < 1.29 is 0 Å². The normalized spacial score (nSPS) is 12.7. The zero-order valence-electron chi connectivity index (χ0n) is 11.4. The highest BCUT2D eigenvalue weighted by Gasteiger charge is 2.04. The lowest BCUT2D eigenvalue weighted by Crippen LogP contribution is -2.04. The van der Waals surface area contributed by atoms with Crippen molar-refractivity contribution in [1.29, 1.82) is 0 Å². The maximum atomic E-state index is 3.54. The molecule has 0 radical (unpaired) electrons. The Bertz CT molecular complexity index is 413. The Morgan fingerprint density at radius 3 is 2.35 bits per heavy atom. The molecule has 0 saturated heterocycles. The van der Waals surface area contributed by atoms with Crippen LogP contribution in [0.4, 0.5) is 5.69 Å². The fourth-order valence-electron chi connectivity index (χ4n) is 1.98. The van der Waals surface area contributed by atoms with Crippen molar-refractivity contribution in [2.45, 2.75) is 40.5 Å². The van der Waals surface area contributed by atoms with Gasteiger partial charge in [0.1, 0.15) is 0 Å². The van der Waals surface area contributed by atoms with Crippen LogP contribution in [0.15, 0.2) is 47.7 Å². The Kier molecular flexibility index (Phi) is 5.55. The standard InChI is InChI=1S/C16H23N/c1-5-13(6-2)15(8-4)17-16-12-10-9-11-14(16)7-3/h5,8-12,17H,6-7H2,1-4H3/b13-5-,15-8+. The van der Waals surface area contributed by atoms with Crippen LogP contribution in [0.2, 0.25) is 0 Å². The predicted octanol–water partition coefficient (Wildman–Crippen LogP) is 4.92. The van der Waals surface area contributed by atoms with Gasteiger partial charge in [-0.15, -0.1) is 0 Å². The van der Waals surface area contributed by atoms with Crippen LogP contribution in [-0.2, 0) is 6.42 Å². The number of hydrogen-bond donors (Lipinski definition) is 1. The van der Waals surface area contributed by atoms with Gasteiger partial charge < -0.3 is 5.32 Å². The third-order valence-corrected chi connectivity index (χ3v) is 3.03. The van der Waals surface area contributed by atoms with Crippen LogP contribution in [0.3, 0.4) is 0 Å². The molecule has 0 aliphatic carbocycles. The highest BCUT2D eigenvalue weighted by atomic mass is 14.9. The van der Waals surface area contributed by atoms with Gasteiger partial charge in [-0.3, -0.25) is 0 Å². The third kappa shape index (κ3) is 3.48. The number of aryl methyl sites for hydroxylation is 1. The highest BCUT2D eigenvalue weighted by Crippen LogP contribution is 2.21. The Hall–Kier alpha value is -1.50. The van der Waals surface area contributed by atoms with Crippen LogP contribution in [0.25, 0.3) is 0 Å². The molecule has 17 heavy (non-hydrogen) atoms. The van der Waals surface area contributed by atoms with E-state index in [1.807, 2.05) is 0 Å². The molecule has 0 heterocycles. The van der Waals surface area contributed by atoms with Gasteiger partial charge in [0.15, 0.2) is 0 Å². The van der Waals surface area contributed by atoms with E-state index < -0.39 is 0 Å². The van der Waals surface area contributed by atoms with E-state index in [-0.39, 0.29) is 0 Å². The van der Waals surface area contributed by atoms with Crippen molar-refractivity contribution in [1.82, 2.24) is 0 Å². The molecular weight excluding hydrogens is 206 g/mol. The van der Waals surface area contributed by atoms with Crippen LogP contribution in [0, 0.1) is 0 Å². The average Bonchev–Trinajstić information content (AvgIpc) is 2.39. The topological polar surface area (TPSA) is 12.0 Å². The first kappa shape index (κ1) is 13.6. The molecule has 0 spiro atoms. The van der Waals surface area contributed by atoms with Gasteiger partial charge in [-0.2, -0.15) is 0 Å². The number of rotatable bonds is 5. The Morgan fingerprint density at radius 1 is 1.12 bits per heavy atom. The van der Waals surface area contributed by atoms with E-state index in [1.54, 1.807) is 0 Å². The van der Waals surface area contributed by atoms with Crippen LogP contribution >= 0.6 is 0 Å². The van der Waals surface area contributed by atoms with Crippen molar-refractivity contribution in [2.75, 3.05) is 5.32 Å². The number of allylic oxidation sites excluding steroid dienone is 3. The molecule has 1 N–H and O–H groups in total. The minimum atomic E-state index is 1.05. The summed E-state index contributed by atoms with van der Waals surface area (Å²) in [5, 5.41) is 3.54. The van der Waals surface area contributed by atoms with Crippen LogP contribution in [0.5, 0.6) is 0 Å². The van der Waals surface area contributed by atoms with E-state index in [0.717, 1.165) is 12.8 Å². The fraction of sp³-hybridized carbons (Fsp3) is 0.375. The monoisotopic (exact) mass is 229 g/mol. The summed E-state index contributed by atoms with van der Waals surface area (Å²) >= 11 is 0. The molecule has 92 valence electrons. The number of nitrogens with one attached hydrogen (secondary N) is 1. The molecule has 1 aromatic rings. The number of para-hydroxylation sites is 1. The zero-order valence-corrected chi connectivity index (χ0v) is 11.4. The van der Waals surface area contributed by atoms with Gasteiger partial charge in [0, 0.05) is 11.4 Å². The van der Waals surface area contributed by atoms with Gasteiger partial charge in [0.25, 0.3) is 0 Å². The Labute approximate surface area is 105 Å². The lowest BCUT2D eigenvalue weighted by Gasteiger charge is -2.15. The molecule has 0 atom stereocenters. The van der Waals surface area contributed by atoms with Crippen LogP contribution in [-0.4, -0.2) is 0 Å². The molecule has 1 aromatic carbocycles. The molecule has 0 unspecified atom stereocenters. The van der Waals surface area contributed by atoms with Gasteiger partial charge in [-0.1, -0.05) is 44.2 Å². The molecule has 1 nitrogen and oxygen atoms in total. The Balaban J connectivity index is 2.96. The second-order valence-electron chi connectivity index (χ2n) is 4.01. The molecule has 0 aliphatic rings. The second kappa shape index (κ2) is 6.95. The van der Waals surface area contributed by atoms with Crippen molar-refractivity contribution in [3.05, 3.63) is 53.3 Å². The summed E-state index contributed by atoms with van der Waals surface area (Å²) in [6.07, 6.45) is 6.43. The lowest BCUT2D eigenvalue weighted by atomic mass is 10.1. The van der Waals surface area contributed by atoms with Crippen molar-refractivity contribution in [3.63, 3.8) is 0 Å². The van der Waals surface area contributed by atoms with Crippen molar-refractivity contribution in [2.24, 2.45) is 0 Å². The first-order valence-electron chi connectivity index (χ1n) is 6.43. The number of benzene rings is 1. The number of anilines is 1. The summed E-state index contributed by atoms with van der Waals surface area (Å²) in [5.74, 6) is 0. The molecule has 1 rings (SSSR count). The van der Waals surface area contributed by atoms with E-state index in [1.165, 1.54) is 22.5 Å². The van der Waals surface area contributed by atoms with Gasteiger partial charge in [-0.05, 0) is 43.9 Å². The maximum absolute atomic E-state index is 3.54. The molecule has 0 aliphatic heterocycles. The van der Waals surface area contributed by atoms with E-state index in [4.69, 9.17) is 0 Å². The molecule has 0 aromatic heterocycles. The minimum Gasteiger partial charge on any atom is -0.355 e. The summed E-state index contributed by atoms with van der Waals surface area (Å²) in [6, 6.07) is 8.49. The molecule has 1 heteroatoms. The first-order chi connectivity index (χ1) is 8.26. The van der Waals surface area contributed by atoms with E-state index in [2.05, 4.69) is 69.4 Å². The van der Waals surface area contributed by atoms with E-state index in [0.29, 0.717) is 0 Å². The smallest absolute Gasteiger partial charge is 0.0416 e. The van der Waals surface area contributed by atoms with Crippen LogP contribution in [0.1, 0.15) is 39.7 Å².